The van der Waals surface area contributed by atoms with E-state index in [1.807, 2.05) is 0 Å². The Morgan fingerprint density at radius 3 is 2.55 bits per heavy atom. The van der Waals surface area contributed by atoms with Crippen LogP contribution in [0.1, 0.15) is 13.3 Å². The van der Waals surface area contributed by atoms with E-state index < -0.39 is 36.7 Å². The topological polar surface area (TPSA) is 62.1 Å². The quantitative estimate of drug-likeness (QED) is 0.867. The van der Waals surface area contributed by atoms with Crippen LogP contribution in [0.4, 0.5) is 17.6 Å². The van der Waals surface area contributed by atoms with E-state index in [1.54, 1.807) is 0 Å². The van der Waals surface area contributed by atoms with Crippen molar-refractivity contribution in [3.63, 3.8) is 0 Å². The van der Waals surface area contributed by atoms with Crippen molar-refractivity contribution in [1.29, 1.82) is 0 Å². The van der Waals surface area contributed by atoms with Gasteiger partial charge in [0.25, 0.3) is 11.6 Å². The second-order valence-electron chi connectivity index (χ2n) is 4.77. The van der Waals surface area contributed by atoms with E-state index in [2.05, 4.69) is 5.10 Å². The van der Waals surface area contributed by atoms with E-state index in [-0.39, 0.29) is 16.5 Å². The first-order chi connectivity index (χ1) is 10.1. The summed E-state index contributed by atoms with van der Waals surface area (Å²) in [5.41, 5.74) is -3.41. The average Bonchev–Trinajstić information content (AvgIpc) is 2.74. The maximum atomic E-state index is 12.9. The molecule has 5 nitrogen and oxygen atoms in total. The molecule has 2 rings (SSSR count). The summed E-state index contributed by atoms with van der Waals surface area (Å²) in [4.78, 5) is 11.9. The molecule has 0 unspecified atom stereocenters. The first kappa shape index (κ1) is 16.2. The smallest absolute Gasteiger partial charge is 0.438 e. The molecule has 22 heavy (non-hydrogen) atoms. The lowest BCUT2D eigenvalue weighted by Crippen LogP contribution is -2.57. The van der Waals surface area contributed by atoms with Crippen LogP contribution in [-0.2, 0) is 4.79 Å². The number of halogens is 4. The van der Waals surface area contributed by atoms with Crippen molar-refractivity contribution in [3.05, 3.63) is 30.1 Å². The zero-order valence-electron chi connectivity index (χ0n) is 11.4. The van der Waals surface area contributed by atoms with Gasteiger partial charge in [0.2, 0.25) is 0 Å². The molecule has 0 saturated carbocycles. The molecule has 1 aromatic rings. The monoisotopic (exact) mass is 320 g/mol. The number of aliphatic hydroxyl groups is 1. The lowest BCUT2D eigenvalue weighted by atomic mass is 10.1. The number of carbonyl (C=O) groups is 1. The highest BCUT2D eigenvalue weighted by Gasteiger charge is 2.62. The number of hydrogen-bond donors (Lipinski definition) is 1. The third-order valence-electron chi connectivity index (χ3n) is 2.99. The molecule has 120 valence electrons. The molecule has 0 radical (unpaired) electrons. The zero-order valence-corrected chi connectivity index (χ0v) is 11.4. The molecule has 0 aromatic heterocycles. The van der Waals surface area contributed by atoms with Crippen LogP contribution in [-0.4, -0.2) is 40.2 Å². The maximum absolute atomic E-state index is 12.9. The van der Waals surface area contributed by atoms with Gasteiger partial charge >= 0.3 is 6.18 Å². The van der Waals surface area contributed by atoms with Crippen molar-refractivity contribution in [2.24, 2.45) is 5.10 Å². The number of ether oxygens (including phenoxy) is 1. The SMILES string of the molecule is CC1=NN(C(=O)COc2ccc(F)cc2)[C@](O)(C(F)(F)F)C1. The Hall–Kier alpha value is -2.16. The molecular weight excluding hydrogens is 308 g/mol. The third kappa shape index (κ3) is 3.03. The summed E-state index contributed by atoms with van der Waals surface area (Å²) in [6.45, 7) is 0.492. The van der Waals surface area contributed by atoms with Gasteiger partial charge in [-0.25, -0.2) is 4.39 Å². The molecule has 1 aliphatic rings. The fourth-order valence-corrected chi connectivity index (χ4v) is 1.94. The van der Waals surface area contributed by atoms with Gasteiger partial charge in [-0.05, 0) is 31.2 Å². The highest BCUT2D eigenvalue weighted by molar-refractivity contribution is 5.89. The molecule has 1 N–H and O–H groups in total. The molecule has 0 aliphatic carbocycles. The fourth-order valence-electron chi connectivity index (χ4n) is 1.94. The Labute approximate surface area is 122 Å². The van der Waals surface area contributed by atoms with Crippen LogP contribution in [0.25, 0.3) is 0 Å². The Morgan fingerprint density at radius 2 is 2.00 bits per heavy atom. The lowest BCUT2D eigenvalue weighted by molar-refractivity contribution is -0.302. The normalized spacial score (nSPS) is 21.7. The molecule has 0 fully saturated rings. The van der Waals surface area contributed by atoms with E-state index in [0.717, 1.165) is 12.1 Å². The summed E-state index contributed by atoms with van der Waals surface area (Å²) in [6.07, 6.45) is -5.88. The van der Waals surface area contributed by atoms with Gasteiger partial charge in [-0.1, -0.05) is 0 Å². The molecular formula is C13H12F4N2O3. The summed E-state index contributed by atoms with van der Waals surface area (Å²) < 4.78 is 56.5. The van der Waals surface area contributed by atoms with Gasteiger partial charge < -0.3 is 9.84 Å². The molecule has 0 bridgehead atoms. The van der Waals surface area contributed by atoms with E-state index in [4.69, 9.17) is 4.74 Å². The standard InChI is InChI=1S/C13H12F4N2O3/c1-8-6-12(21,13(15,16)17)19(18-8)11(20)7-22-10-4-2-9(14)3-5-10/h2-5,21H,6-7H2,1H3/t12-/m1/s1. The van der Waals surface area contributed by atoms with E-state index in [0.29, 0.717) is 0 Å². The summed E-state index contributed by atoms with van der Waals surface area (Å²) in [6, 6.07) is 4.59. The molecule has 0 saturated heterocycles. The van der Waals surface area contributed by atoms with Crippen molar-refractivity contribution < 1.29 is 32.2 Å². The molecule has 1 amide bonds. The summed E-state index contributed by atoms with van der Waals surface area (Å²) >= 11 is 0. The van der Waals surface area contributed by atoms with Gasteiger partial charge in [0.05, 0.1) is 0 Å². The fraction of sp³-hybridized carbons (Fsp3) is 0.385. The number of carbonyl (C=O) groups excluding carboxylic acids is 1. The number of hydrogen-bond acceptors (Lipinski definition) is 4. The minimum Gasteiger partial charge on any atom is -0.484 e. The largest absolute Gasteiger partial charge is 0.484 e. The summed E-state index contributed by atoms with van der Waals surface area (Å²) in [5, 5.41) is 13.1. The molecule has 1 heterocycles. The van der Waals surface area contributed by atoms with Crippen LogP contribution in [0, 0.1) is 5.82 Å². The number of benzene rings is 1. The highest BCUT2D eigenvalue weighted by Crippen LogP contribution is 2.40. The van der Waals surface area contributed by atoms with Gasteiger partial charge in [0.15, 0.2) is 6.61 Å². The molecule has 1 aromatic carbocycles. The summed E-state index contributed by atoms with van der Waals surface area (Å²) in [5.74, 6) is -1.59. The second kappa shape index (κ2) is 5.56. The minimum atomic E-state index is -5.06. The van der Waals surface area contributed by atoms with Crippen LogP contribution in [0.2, 0.25) is 0 Å². The third-order valence-corrected chi connectivity index (χ3v) is 2.99. The zero-order chi connectivity index (χ0) is 16.5. The van der Waals surface area contributed by atoms with Crippen molar-refractivity contribution in [2.75, 3.05) is 6.61 Å². The number of hydrazone groups is 1. The maximum Gasteiger partial charge on any atom is 0.438 e. The number of alkyl halides is 3. The van der Waals surface area contributed by atoms with Crippen molar-refractivity contribution in [3.8, 4) is 5.75 Å². The second-order valence-corrected chi connectivity index (χ2v) is 4.77. The molecule has 1 aliphatic heterocycles. The molecule has 9 heteroatoms. The van der Waals surface area contributed by atoms with Gasteiger partial charge in [0.1, 0.15) is 11.6 Å². The van der Waals surface area contributed by atoms with Crippen LogP contribution >= 0.6 is 0 Å². The summed E-state index contributed by atoms with van der Waals surface area (Å²) in [7, 11) is 0. The van der Waals surface area contributed by atoms with Crippen LogP contribution in [0.5, 0.6) is 5.75 Å². The van der Waals surface area contributed by atoms with E-state index in [1.165, 1.54) is 19.1 Å². The Kier molecular flexibility index (Phi) is 4.10. The Balaban J connectivity index is 2.09. The number of rotatable bonds is 3. The van der Waals surface area contributed by atoms with Crippen molar-refractivity contribution in [2.45, 2.75) is 25.2 Å². The predicted octanol–water partition coefficient (Wildman–Crippen LogP) is 2.06. The predicted molar refractivity (Wildman–Crippen MR) is 67.5 cm³/mol. The lowest BCUT2D eigenvalue weighted by Gasteiger charge is -2.32. The minimum absolute atomic E-state index is 0.0220. The van der Waals surface area contributed by atoms with Gasteiger partial charge in [-0.2, -0.15) is 23.3 Å². The van der Waals surface area contributed by atoms with Crippen molar-refractivity contribution in [1.82, 2.24) is 5.01 Å². The highest BCUT2D eigenvalue weighted by atomic mass is 19.4. The van der Waals surface area contributed by atoms with Gasteiger partial charge in [-0.15, -0.1) is 0 Å². The molecule has 0 spiro atoms. The number of nitrogens with zero attached hydrogens (tertiary/aromatic N) is 2. The van der Waals surface area contributed by atoms with Crippen LogP contribution < -0.4 is 4.74 Å². The van der Waals surface area contributed by atoms with Crippen LogP contribution in [0.3, 0.4) is 0 Å². The van der Waals surface area contributed by atoms with E-state index in [9.17, 15) is 27.5 Å². The Bertz CT molecular complexity index is 600. The first-order valence-electron chi connectivity index (χ1n) is 6.18. The molecule has 1 atom stereocenters. The van der Waals surface area contributed by atoms with E-state index >= 15 is 0 Å². The van der Waals surface area contributed by atoms with Gasteiger partial charge in [-0.3, -0.25) is 4.79 Å². The first-order valence-corrected chi connectivity index (χ1v) is 6.18. The van der Waals surface area contributed by atoms with Gasteiger partial charge in [0, 0.05) is 12.1 Å². The Morgan fingerprint density at radius 1 is 1.41 bits per heavy atom. The number of amides is 1. The average molecular weight is 320 g/mol. The van der Waals surface area contributed by atoms with Crippen LogP contribution in [0.15, 0.2) is 29.4 Å². The van der Waals surface area contributed by atoms with Crippen molar-refractivity contribution >= 4 is 11.6 Å².